The zero-order chi connectivity index (χ0) is 17.1. The molecule has 6 nitrogen and oxygen atoms in total. The Bertz CT molecular complexity index is 710. The van der Waals surface area contributed by atoms with Gasteiger partial charge in [-0.1, -0.05) is 12.1 Å². The van der Waals surface area contributed by atoms with Gasteiger partial charge in [-0.3, -0.25) is 19.3 Å². The summed E-state index contributed by atoms with van der Waals surface area (Å²) in [6.45, 7) is 1.23. The molecule has 0 saturated carbocycles. The molecular weight excluding hydrogens is 328 g/mol. The number of likely N-dealkylation sites (tertiary alicyclic amines) is 1. The van der Waals surface area contributed by atoms with Crippen molar-refractivity contribution in [2.24, 2.45) is 0 Å². The molecule has 0 bridgehead atoms. The van der Waals surface area contributed by atoms with E-state index in [1.807, 2.05) is 12.1 Å². The number of benzene rings is 1. The van der Waals surface area contributed by atoms with Gasteiger partial charge >= 0.3 is 0 Å². The lowest BCUT2D eigenvalue weighted by Gasteiger charge is -2.18. The van der Waals surface area contributed by atoms with Crippen LogP contribution in [-0.4, -0.2) is 53.6 Å². The van der Waals surface area contributed by atoms with Crippen LogP contribution >= 0.6 is 11.8 Å². The molecule has 3 rings (SSSR count). The van der Waals surface area contributed by atoms with Crippen molar-refractivity contribution in [1.82, 2.24) is 9.80 Å². The number of nitrogens with zero attached hydrogens (tertiary/aromatic N) is 2. The molecule has 7 heteroatoms. The summed E-state index contributed by atoms with van der Waals surface area (Å²) in [5.74, 6) is 0.0880. The smallest absolute Gasteiger partial charge is 0.294 e. The lowest BCUT2D eigenvalue weighted by atomic mass is 10.2. The molecule has 0 atom stereocenters. The van der Waals surface area contributed by atoms with Gasteiger partial charge in [-0.05, 0) is 48.4 Å². The lowest BCUT2D eigenvalue weighted by molar-refractivity contribution is -0.135. The van der Waals surface area contributed by atoms with E-state index in [0.29, 0.717) is 23.7 Å². The van der Waals surface area contributed by atoms with Crippen molar-refractivity contribution in [2.45, 2.75) is 12.8 Å². The van der Waals surface area contributed by atoms with Crippen LogP contribution in [0.1, 0.15) is 18.4 Å². The maximum Gasteiger partial charge on any atom is 0.294 e. The molecular formula is C17H18N2O4S. The highest BCUT2D eigenvalue weighted by Crippen LogP contribution is 2.32. The normalized spacial score (nSPS) is 19.5. The van der Waals surface area contributed by atoms with Gasteiger partial charge in [-0.25, -0.2) is 0 Å². The van der Waals surface area contributed by atoms with E-state index in [4.69, 9.17) is 4.74 Å². The van der Waals surface area contributed by atoms with E-state index in [1.165, 1.54) is 0 Å². The second-order valence-corrected chi connectivity index (χ2v) is 6.63. The summed E-state index contributed by atoms with van der Waals surface area (Å²) in [6, 6.07) is 7.22. The highest BCUT2D eigenvalue weighted by atomic mass is 32.2. The average Bonchev–Trinajstić information content (AvgIpc) is 3.20. The van der Waals surface area contributed by atoms with E-state index >= 15 is 0 Å². The van der Waals surface area contributed by atoms with Gasteiger partial charge in [-0.15, -0.1) is 0 Å². The molecule has 0 unspecified atom stereocenters. The quantitative estimate of drug-likeness (QED) is 0.783. The fourth-order valence-electron chi connectivity index (χ4n) is 2.72. The van der Waals surface area contributed by atoms with Crippen LogP contribution in [0.2, 0.25) is 0 Å². The highest BCUT2D eigenvalue weighted by molar-refractivity contribution is 8.18. The van der Waals surface area contributed by atoms with Gasteiger partial charge in [0.1, 0.15) is 12.3 Å². The Hall–Kier alpha value is -2.28. The Balaban J connectivity index is 1.73. The summed E-state index contributed by atoms with van der Waals surface area (Å²) < 4.78 is 5.15. The fraction of sp³-hybridized carbons (Fsp3) is 0.353. The van der Waals surface area contributed by atoms with Crippen molar-refractivity contribution in [3.8, 4) is 5.75 Å². The van der Waals surface area contributed by atoms with E-state index in [1.54, 1.807) is 30.2 Å². The molecule has 0 N–H and O–H groups in total. The molecule has 1 aromatic rings. The first-order valence-corrected chi connectivity index (χ1v) is 8.57. The largest absolute Gasteiger partial charge is 0.497 e. The molecule has 2 saturated heterocycles. The van der Waals surface area contributed by atoms with Crippen molar-refractivity contribution < 1.29 is 19.1 Å². The number of carbonyl (C=O) groups excluding carboxylic acids is 3. The molecule has 0 spiro atoms. The van der Waals surface area contributed by atoms with Crippen molar-refractivity contribution >= 4 is 34.9 Å². The topological polar surface area (TPSA) is 66.9 Å². The summed E-state index contributed by atoms with van der Waals surface area (Å²) in [6.07, 6.45) is 3.60. The van der Waals surface area contributed by atoms with Crippen LogP contribution in [0.3, 0.4) is 0 Å². The van der Waals surface area contributed by atoms with Gasteiger partial charge in [-0.2, -0.15) is 0 Å². The summed E-state index contributed by atoms with van der Waals surface area (Å²) >= 11 is 0.862. The predicted molar refractivity (Wildman–Crippen MR) is 91.5 cm³/mol. The van der Waals surface area contributed by atoms with Crippen LogP contribution in [0.4, 0.5) is 4.79 Å². The second kappa shape index (κ2) is 7.09. The first kappa shape index (κ1) is 16.6. The standard InChI is InChI=1S/C17H18N2O4S/c1-23-13-6-4-5-12(9-13)10-14-16(21)19(17(22)24-14)11-15(20)18-7-2-3-8-18/h4-6,9-10H,2-3,7-8,11H2,1H3/b14-10+. The van der Waals surface area contributed by atoms with Gasteiger partial charge in [0.2, 0.25) is 5.91 Å². The highest BCUT2D eigenvalue weighted by Gasteiger charge is 2.37. The van der Waals surface area contributed by atoms with E-state index in [0.717, 1.165) is 35.1 Å². The Morgan fingerprint density at radius 3 is 2.75 bits per heavy atom. The molecule has 0 aliphatic carbocycles. The minimum absolute atomic E-state index is 0.169. The van der Waals surface area contributed by atoms with E-state index in [9.17, 15) is 14.4 Å². The van der Waals surface area contributed by atoms with Gasteiger partial charge in [0.25, 0.3) is 11.1 Å². The number of hydrogen-bond donors (Lipinski definition) is 0. The predicted octanol–water partition coefficient (Wildman–Crippen LogP) is 2.35. The van der Waals surface area contributed by atoms with Crippen molar-refractivity contribution in [1.29, 1.82) is 0 Å². The molecule has 1 aromatic carbocycles. The van der Waals surface area contributed by atoms with Crippen LogP contribution in [0.25, 0.3) is 6.08 Å². The summed E-state index contributed by atoms with van der Waals surface area (Å²) in [4.78, 5) is 39.8. The number of rotatable bonds is 4. The second-order valence-electron chi connectivity index (χ2n) is 5.63. The number of hydrogen-bond acceptors (Lipinski definition) is 5. The molecule has 3 amide bonds. The van der Waals surface area contributed by atoms with Gasteiger partial charge in [0.05, 0.1) is 12.0 Å². The third kappa shape index (κ3) is 3.46. The fourth-order valence-corrected chi connectivity index (χ4v) is 3.56. The first-order valence-electron chi connectivity index (χ1n) is 7.75. The minimum atomic E-state index is -0.416. The SMILES string of the molecule is COc1cccc(/C=C2/SC(=O)N(CC(=O)N3CCCC3)C2=O)c1. The number of thioether (sulfide) groups is 1. The van der Waals surface area contributed by atoms with E-state index in [-0.39, 0.29) is 12.5 Å². The maximum atomic E-state index is 12.4. The van der Waals surface area contributed by atoms with Crippen LogP contribution in [-0.2, 0) is 9.59 Å². The summed E-state index contributed by atoms with van der Waals surface area (Å²) in [5, 5.41) is -0.401. The Labute approximate surface area is 144 Å². The maximum absolute atomic E-state index is 12.4. The molecule has 24 heavy (non-hydrogen) atoms. The van der Waals surface area contributed by atoms with Gasteiger partial charge in [0.15, 0.2) is 0 Å². The number of ether oxygens (including phenoxy) is 1. The number of imide groups is 1. The number of amides is 3. The molecule has 2 heterocycles. The molecule has 2 aliphatic heterocycles. The molecule has 126 valence electrons. The van der Waals surface area contributed by atoms with Crippen LogP contribution < -0.4 is 4.74 Å². The summed E-state index contributed by atoms with van der Waals surface area (Å²) in [7, 11) is 1.57. The average molecular weight is 346 g/mol. The van der Waals surface area contributed by atoms with Gasteiger partial charge in [0, 0.05) is 13.1 Å². The number of methoxy groups -OCH3 is 1. The van der Waals surface area contributed by atoms with Crippen molar-refractivity contribution in [2.75, 3.05) is 26.7 Å². The van der Waals surface area contributed by atoms with Crippen LogP contribution in [0, 0.1) is 0 Å². The Morgan fingerprint density at radius 2 is 2.04 bits per heavy atom. The third-order valence-corrected chi connectivity index (χ3v) is 4.92. The Kier molecular flexibility index (Phi) is 4.89. The third-order valence-electron chi connectivity index (χ3n) is 4.02. The monoisotopic (exact) mass is 346 g/mol. The van der Waals surface area contributed by atoms with Crippen LogP contribution in [0.5, 0.6) is 5.75 Å². The van der Waals surface area contributed by atoms with Gasteiger partial charge < -0.3 is 9.64 Å². The molecule has 0 aromatic heterocycles. The Morgan fingerprint density at radius 1 is 1.29 bits per heavy atom. The zero-order valence-electron chi connectivity index (χ0n) is 13.4. The molecule has 2 aliphatic rings. The minimum Gasteiger partial charge on any atom is -0.497 e. The van der Waals surface area contributed by atoms with Crippen molar-refractivity contribution in [3.63, 3.8) is 0 Å². The van der Waals surface area contributed by atoms with E-state index in [2.05, 4.69) is 0 Å². The summed E-state index contributed by atoms with van der Waals surface area (Å²) in [5.41, 5.74) is 0.769. The lowest BCUT2D eigenvalue weighted by Crippen LogP contribution is -2.40. The first-order chi connectivity index (χ1) is 11.6. The van der Waals surface area contributed by atoms with E-state index < -0.39 is 11.1 Å². The zero-order valence-corrected chi connectivity index (χ0v) is 14.2. The molecule has 0 radical (unpaired) electrons. The van der Waals surface area contributed by atoms with Crippen molar-refractivity contribution in [3.05, 3.63) is 34.7 Å². The molecule has 2 fully saturated rings. The number of carbonyl (C=O) groups is 3. The van der Waals surface area contributed by atoms with Crippen LogP contribution in [0.15, 0.2) is 29.2 Å².